The van der Waals surface area contributed by atoms with Gasteiger partial charge in [0, 0.05) is 25.2 Å². The first-order valence-electron chi connectivity index (χ1n) is 10.3. The molecule has 0 aromatic carbocycles. The number of carbonyl (C=O) groups is 1. The number of ether oxygens (including phenoxy) is 1. The van der Waals surface area contributed by atoms with Gasteiger partial charge in [-0.15, -0.1) is 0 Å². The molecule has 1 aromatic rings. The van der Waals surface area contributed by atoms with Gasteiger partial charge < -0.3 is 20.5 Å². The Bertz CT molecular complexity index is 927. The molecule has 0 aliphatic carbocycles. The van der Waals surface area contributed by atoms with Gasteiger partial charge in [0.15, 0.2) is 0 Å². The fourth-order valence-corrected chi connectivity index (χ4v) is 3.71. The summed E-state index contributed by atoms with van der Waals surface area (Å²) in [6.45, 7) is 9.69. The topological polar surface area (TPSA) is 144 Å². The summed E-state index contributed by atoms with van der Waals surface area (Å²) < 4.78 is 7.62. The van der Waals surface area contributed by atoms with E-state index in [1.165, 1.54) is 0 Å². The molecule has 4 N–H and O–H groups in total. The summed E-state index contributed by atoms with van der Waals surface area (Å²) in [4.78, 5) is 40.0. The van der Waals surface area contributed by atoms with Crippen LogP contribution in [0.3, 0.4) is 0 Å². The zero-order valence-electron chi connectivity index (χ0n) is 18.4. The van der Waals surface area contributed by atoms with Crippen molar-refractivity contribution in [3.8, 4) is 5.88 Å². The summed E-state index contributed by atoms with van der Waals surface area (Å²) in [5.41, 5.74) is 3.14. The number of aromatic hydroxyl groups is 1. The zero-order chi connectivity index (χ0) is 22.8. The molecule has 1 amide bonds. The van der Waals surface area contributed by atoms with Crippen LogP contribution in [0.2, 0.25) is 0 Å². The summed E-state index contributed by atoms with van der Waals surface area (Å²) in [6, 6.07) is -0.742. The van der Waals surface area contributed by atoms with E-state index in [-0.39, 0.29) is 18.2 Å². The van der Waals surface area contributed by atoms with Gasteiger partial charge in [0.25, 0.3) is 5.56 Å². The van der Waals surface area contributed by atoms with Crippen molar-refractivity contribution in [2.45, 2.75) is 84.5 Å². The molecule has 1 aromatic heterocycles. The Balaban J connectivity index is 2.42. The largest absolute Gasteiger partial charge is 0.494 e. The molecular weight excluding hydrogens is 390 g/mol. The fourth-order valence-electron chi connectivity index (χ4n) is 3.71. The highest BCUT2D eigenvalue weighted by molar-refractivity contribution is 5.96. The maximum atomic E-state index is 13.0. The van der Waals surface area contributed by atoms with Gasteiger partial charge in [-0.2, -0.15) is 0 Å². The fraction of sp³-hybridized carbons (Fsp3) is 0.700. The number of carbonyl (C=O) groups excluding carboxylic acids is 1. The average Bonchev–Trinajstić information content (AvgIpc) is 2.59. The van der Waals surface area contributed by atoms with Gasteiger partial charge in [0.2, 0.25) is 5.88 Å². The molecule has 1 aliphatic rings. The third-order valence-electron chi connectivity index (χ3n) is 5.20. The van der Waals surface area contributed by atoms with E-state index in [0.29, 0.717) is 25.8 Å². The number of rotatable bonds is 5. The van der Waals surface area contributed by atoms with Crippen LogP contribution < -0.4 is 17.0 Å². The van der Waals surface area contributed by atoms with E-state index >= 15 is 0 Å². The van der Waals surface area contributed by atoms with Gasteiger partial charge in [0.1, 0.15) is 17.0 Å². The lowest BCUT2D eigenvalue weighted by molar-refractivity contribution is 0.00745. The van der Waals surface area contributed by atoms with E-state index in [2.05, 4.69) is 0 Å². The van der Waals surface area contributed by atoms with E-state index in [1.54, 1.807) is 25.7 Å². The van der Waals surface area contributed by atoms with Crippen LogP contribution in [0.15, 0.2) is 9.59 Å². The van der Waals surface area contributed by atoms with Gasteiger partial charge >= 0.3 is 11.8 Å². The molecule has 168 valence electrons. The maximum Gasteiger partial charge on any atom is 0.410 e. The van der Waals surface area contributed by atoms with Crippen molar-refractivity contribution >= 4 is 11.9 Å². The lowest BCUT2D eigenvalue weighted by atomic mass is 9.98. The minimum Gasteiger partial charge on any atom is -0.494 e. The molecule has 0 unspecified atom stereocenters. The maximum absolute atomic E-state index is 13.0. The molecule has 10 nitrogen and oxygen atoms in total. The zero-order valence-corrected chi connectivity index (χ0v) is 18.4. The Hall–Kier alpha value is -2.78. The van der Waals surface area contributed by atoms with Gasteiger partial charge in [-0.25, -0.2) is 9.59 Å². The number of nitrogens with one attached hydrogen (secondary N) is 1. The molecule has 1 saturated heterocycles. The second-order valence-electron chi connectivity index (χ2n) is 8.78. The minimum atomic E-state index is -0.777. The molecule has 2 heterocycles. The number of nitrogen functional groups attached to an aromatic ring is 1. The van der Waals surface area contributed by atoms with Crippen LogP contribution in [0.5, 0.6) is 5.88 Å². The molecule has 1 aliphatic heterocycles. The quantitative estimate of drug-likeness (QED) is 0.486. The molecule has 0 spiro atoms. The number of amidine groups is 1. The summed E-state index contributed by atoms with van der Waals surface area (Å²) in [6.07, 6.45) is 1.71. The van der Waals surface area contributed by atoms with Crippen LogP contribution in [-0.4, -0.2) is 49.3 Å². The predicted molar refractivity (Wildman–Crippen MR) is 113 cm³/mol. The van der Waals surface area contributed by atoms with Gasteiger partial charge in [-0.05, 0) is 47.0 Å². The Kier molecular flexibility index (Phi) is 6.99. The van der Waals surface area contributed by atoms with E-state index in [1.807, 2.05) is 13.8 Å². The first-order chi connectivity index (χ1) is 13.9. The SMILES string of the molecule is CCCCn1c(O)c(C(=N)N)c(=O)n([C@@H]2CCN(C(=O)OC(C)(C)C)[C@H](C)C2)c1=O. The number of likely N-dealkylation sites (tertiary alicyclic amines) is 1. The number of hydrogen-bond donors (Lipinski definition) is 3. The number of amides is 1. The summed E-state index contributed by atoms with van der Waals surface area (Å²) in [7, 11) is 0. The summed E-state index contributed by atoms with van der Waals surface area (Å²) in [5, 5.41) is 18.1. The molecule has 0 saturated carbocycles. The third-order valence-corrected chi connectivity index (χ3v) is 5.20. The highest BCUT2D eigenvalue weighted by atomic mass is 16.6. The first kappa shape index (κ1) is 23.5. The van der Waals surface area contributed by atoms with E-state index in [0.717, 1.165) is 15.6 Å². The van der Waals surface area contributed by atoms with Crippen molar-refractivity contribution in [1.82, 2.24) is 14.0 Å². The van der Waals surface area contributed by atoms with Crippen LogP contribution in [0.25, 0.3) is 0 Å². The van der Waals surface area contributed by atoms with Crippen LogP contribution in [-0.2, 0) is 11.3 Å². The Morgan fingerprint density at radius 3 is 2.47 bits per heavy atom. The van der Waals surface area contributed by atoms with Crippen molar-refractivity contribution in [2.75, 3.05) is 6.54 Å². The van der Waals surface area contributed by atoms with Crippen molar-refractivity contribution in [2.24, 2.45) is 5.73 Å². The minimum absolute atomic E-state index is 0.216. The molecule has 2 rings (SSSR count). The normalized spacial score (nSPS) is 19.6. The van der Waals surface area contributed by atoms with Gasteiger partial charge in [-0.1, -0.05) is 13.3 Å². The van der Waals surface area contributed by atoms with E-state index in [9.17, 15) is 19.5 Å². The molecule has 0 bridgehead atoms. The Morgan fingerprint density at radius 2 is 1.97 bits per heavy atom. The van der Waals surface area contributed by atoms with Crippen LogP contribution >= 0.6 is 0 Å². The summed E-state index contributed by atoms with van der Waals surface area (Å²) >= 11 is 0. The second-order valence-corrected chi connectivity index (χ2v) is 8.78. The van der Waals surface area contributed by atoms with E-state index < -0.39 is 40.7 Å². The van der Waals surface area contributed by atoms with Crippen molar-refractivity contribution in [3.63, 3.8) is 0 Å². The second kappa shape index (κ2) is 8.93. The molecule has 30 heavy (non-hydrogen) atoms. The number of aromatic nitrogens is 2. The lowest BCUT2D eigenvalue weighted by Crippen LogP contribution is -2.51. The van der Waals surface area contributed by atoms with Crippen LogP contribution in [0.1, 0.15) is 71.9 Å². The standard InChI is InChI=1S/C20H33N5O5/c1-6-7-9-24-16(26)14(15(21)22)17(27)25(18(24)28)13-8-10-23(12(2)11-13)19(29)30-20(3,4)5/h12-13,26H,6-11H2,1-5H3,(H3,21,22)/t12-,13-/m1/s1. The van der Waals surface area contributed by atoms with Crippen LogP contribution in [0.4, 0.5) is 4.79 Å². The molecular formula is C20H33N5O5. The van der Waals surface area contributed by atoms with Crippen molar-refractivity contribution < 1.29 is 14.6 Å². The van der Waals surface area contributed by atoms with Crippen LogP contribution in [0, 0.1) is 5.41 Å². The monoisotopic (exact) mass is 423 g/mol. The Labute approximate surface area is 175 Å². The van der Waals surface area contributed by atoms with Crippen molar-refractivity contribution in [3.05, 3.63) is 26.4 Å². The first-order valence-corrected chi connectivity index (χ1v) is 10.3. The molecule has 0 radical (unpaired) electrons. The average molecular weight is 424 g/mol. The highest BCUT2D eigenvalue weighted by Crippen LogP contribution is 2.27. The third kappa shape index (κ3) is 4.85. The molecule has 10 heteroatoms. The van der Waals surface area contributed by atoms with Crippen molar-refractivity contribution in [1.29, 1.82) is 5.41 Å². The number of unbranched alkanes of at least 4 members (excludes halogenated alkanes) is 1. The molecule has 2 atom stereocenters. The lowest BCUT2D eigenvalue weighted by Gasteiger charge is -2.38. The Morgan fingerprint density at radius 1 is 1.33 bits per heavy atom. The van der Waals surface area contributed by atoms with E-state index in [4.69, 9.17) is 15.9 Å². The van der Waals surface area contributed by atoms with Gasteiger partial charge in [0.05, 0.1) is 0 Å². The number of piperidine rings is 1. The smallest absolute Gasteiger partial charge is 0.410 e. The highest BCUT2D eigenvalue weighted by Gasteiger charge is 2.35. The number of hydrogen-bond acceptors (Lipinski definition) is 6. The number of nitrogens with two attached hydrogens (primary N) is 1. The predicted octanol–water partition coefficient (Wildman–Crippen LogP) is 1.76. The number of nitrogens with zero attached hydrogens (tertiary/aromatic N) is 3. The van der Waals surface area contributed by atoms with Gasteiger partial charge in [-0.3, -0.25) is 19.3 Å². The summed E-state index contributed by atoms with van der Waals surface area (Å²) in [5.74, 6) is -1.16. The molecule has 1 fully saturated rings.